The van der Waals surface area contributed by atoms with E-state index in [-0.39, 0.29) is 12.5 Å². The van der Waals surface area contributed by atoms with Crippen molar-refractivity contribution in [2.24, 2.45) is 0 Å². The molecule has 1 N–H and O–H groups in total. The highest BCUT2D eigenvalue weighted by Gasteiger charge is 2.06. The van der Waals surface area contributed by atoms with E-state index in [1.807, 2.05) is 55.5 Å². The monoisotopic (exact) mass is 337 g/mol. The maximum atomic E-state index is 12.0. The quantitative estimate of drug-likeness (QED) is 0.747. The Morgan fingerprint density at radius 3 is 2.60 bits per heavy atom. The number of aromatic nitrogens is 2. The van der Waals surface area contributed by atoms with Gasteiger partial charge in [0.05, 0.1) is 6.42 Å². The number of rotatable bonds is 6. The first kappa shape index (κ1) is 16.7. The summed E-state index contributed by atoms with van der Waals surface area (Å²) in [6, 6.07) is 15.1. The largest absolute Gasteiger partial charge is 0.484 e. The molecule has 25 heavy (non-hydrogen) atoms. The molecule has 6 heteroatoms. The Hall–Kier alpha value is -3.15. The van der Waals surface area contributed by atoms with Gasteiger partial charge < -0.3 is 14.5 Å². The van der Waals surface area contributed by atoms with Gasteiger partial charge in [0.25, 0.3) is 5.91 Å². The molecular weight excluding hydrogens is 318 g/mol. The van der Waals surface area contributed by atoms with Crippen molar-refractivity contribution in [3.8, 4) is 5.75 Å². The Morgan fingerprint density at radius 2 is 1.92 bits per heavy atom. The molecule has 3 rings (SSSR count). The number of benzene rings is 2. The van der Waals surface area contributed by atoms with Crippen LogP contribution in [0.4, 0.5) is 5.69 Å². The Bertz CT molecular complexity index is 856. The van der Waals surface area contributed by atoms with Gasteiger partial charge in [-0.25, -0.2) is 0 Å². The first-order chi connectivity index (χ1) is 12.1. The second-order valence-corrected chi connectivity index (χ2v) is 5.74. The summed E-state index contributed by atoms with van der Waals surface area (Å²) in [6.45, 7) is 3.70. The molecule has 0 radical (unpaired) electrons. The second kappa shape index (κ2) is 7.61. The van der Waals surface area contributed by atoms with Crippen molar-refractivity contribution in [3.63, 3.8) is 0 Å². The Kier molecular flexibility index (Phi) is 5.09. The van der Waals surface area contributed by atoms with E-state index in [1.165, 1.54) is 0 Å². The zero-order chi connectivity index (χ0) is 17.6. The van der Waals surface area contributed by atoms with Crippen molar-refractivity contribution in [1.29, 1.82) is 0 Å². The summed E-state index contributed by atoms with van der Waals surface area (Å²) in [5, 5.41) is 10.6. The Morgan fingerprint density at radius 1 is 1.12 bits per heavy atom. The molecule has 1 heterocycles. The van der Waals surface area contributed by atoms with Gasteiger partial charge in [0.2, 0.25) is 11.8 Å². The zero-order valence-electron chi connectivity index (χ0n) is 14.2. The van der Waals surface area contributed by atoms with Gasteiger partial charge in [-0.15, -0.1) is 10.2 Å². The van der Waals surface area contributed by atoms with Gasteiger partial charge in [0, 0.05) is 12.6 Å². The molecule has 1 aromatic heterocycles. The lowest BCUT2D eigenvalue weighted by atomic mass is 10.1. The van der Waals surface area contributed by atoms with Gasteiger partial charge in [-0.05, 0) is 42.3 Å². The van der Waals surface area contributed by atoms with Crippen LogP contribution in [0.5, 0.6) is 5.75 Å². The van der Waals surface area contributed by atoms with Gasteiger partial charge in [-0.2, -0.15) is 0 Å². The minimum Gasteiger partial charge on any atom is -0.484 e. The molecule has 0 aliphatic rings. The lowest BCUT2D eigenvalue weighted by Crippen LogP contribution is -2.20. The van der Waals surface area contributed by atoms with Crippen LogP contribution in [0.2, 0.25) is 0 Å². The van der Waals surface area contributed by atoms with Crippen molar-refractivity contribution >= 4 is 11.6 Å². The number of amides is 1. The lowest BCUT2D eigenvalue weighted by molar-refractivity contribution is -0.118. The maximum absolute atomic E-state index is 12.0. The highest BCUT2D eigenvalue weighted by Crippen LogP contribution is 2.14. The highest BCUT2D eigenvalue weighted by molar-refractivity contribution is 5.91. The van der Waals surface area contributed by atoms with E-state index in [0.29, 0.717) is 29.6 Å². The number of anilines is 1. The van der Waals surface area contributed by atoms with Gasteiger partial charge in [0.15, 0.2) is 6.61 Å². The number of carbonyl (C=O) groups is 1. The molecule has 2 aromatic carbocycles. The number of nitrogens with one attached hydrogen (secondary N) is 1. The van der Waals surface area contributed by atoms with Crippen LogP contribution in [0.1, 0.15) is 22.9 Å². The van der Waals surface area contributed by atoms with Crippen LogP contribution in [-0.4, -0.2) is 22.7 Å². The molecule has 0 fully saturated rings. The number of hydrogen-bond acceptors (Lipinski definition) is 5. The third kappa shape index (κ3) is 4.91. The molecular formula is C19H19N3O3. The highest BCUT2D eigenvalue weighted by atomic mass is 16.5. The summed E-state index contributed by atoms with van der Waals surface area (Å²) >= 11 is 0. The number of aryl methyl sites for hydroxylation is 2. The predicted octanol–water partition coefficient (Wildman–Crippen LogP) is 3.29. The van der Waals surface area contributed by atoms with Gasteiger partial charge in [-0.1, -0.05) is 24.3 Å². The first-order valence-electron chi connectivity index (χ1n) is 7.96. The van der Waals surface area contributed by atoms with E-state index in [4.69, 9.17) is 9.15 Å². The van der Waals surface area contributed by atoms with Crippen LogP contribution in [0, 0.1) is 13.8 Å². The molecule has 6 nitrogen and oxygen atoms in total. The lowest BCUT2D eigenvalue weighted by Gasteiger charge is -2.08. The average molecular weight is 337 g/mol. The SMILES string of the molecule is Cc1cccc(OCC(=O)Nc2ccc(Cc3nnc(C)o3)cc2)c1. The smallest absolute Gasteiger partial charge is 0.262 e. The van der Waals surface area contributed by atoms with Crippen LogP contribution in [0.25, 0.3) is 0 Å². The van der Waals surface area contributed by atoms with Gasteiger partial charge in [0.1, 0.15) is 5.75 Å². The van der Waals surface area contributed by atoms with E-state index in [9.17, 15) is 4.79 Å². The summed E-state index contributed by atoms with van der Waals surface area (Å²) in [5.41, 5.74) is 2.82. The van der Waals surface area contributed by atoms with E-state index in [0.717, 1.165) is 11.1 Å². The van der Waals surface area contributed by atoms with Crippen molar-refractivity contribution in [2.75, 3.05) is 11.9 Å². The summed E-state index contributed by atoms with van der Waals surface area (Å²) in [6.07, 6.45) is 0.561. The first-order valence-corrected chi connectivity index (χ1v) is 7.96. The molecule has 0 spiro atoms. The molecule has 0 atom stereocenters. The van der Waals surface area contributed by atoms with Crippen molar-refractivity contribution in [1.82, 2.24) is 10.2 Å². The summed E-state index contributed by atoms with van der Waals surface area (Å²) < 4.78 is 10.8. The van der Waals surface area contributed by atoms with E-state index >= 15 is 0 Å². The molecule has 128 valence electrons. The fourth-order valence-electron chi connectivity index (χ4n) is 2.34. The third-order valence-corrected chi connectivity index (χ3v) is 3.52. The van der Waals surface area contributed by atoms with Gasteiger partial charge >= 0.3 is 0 Å². The maximum Gasteiger partial charge on any atom is 0.262 e. The molecule has 1 amide bonds. The fourth-order valence-corrected chi connectivity index (χ4v) is 2.34. The molecule has 0 bridgehead atoms. The minimum atomic E-state index is -0.207. The number of hydrogen-bond donors (Lipinski definition) is 1. The molecule has 0 saturated carbocycles. The van der Waals surface area contributed by atoms with Crippen LogP contribution < -0.4 is 10.1 Å². The minimum absolute atomic E-state index is 0.0353. The fraction of sp³-hybridized carbons (Fsp3) is 0.211. The molecule has 0 unspecified atom stereocenters. The number of carbonyl (C=O) groups excluding carboxylic acids is 1. The molecule has 0 aliphatic carbocycles. The topological polar surface area (TPSA) is 77.2 Å². The Balaban J connectivity index is 1.51. The average Bonchev–Trinajstić information content (AvgIpc) is 3.00. The van der Waals surface area contributed by atoms with Crippen LogP contribution >= 0.6 is 0 Å². The van der Waals surface area contributed by atoms with Crippen molar-refractivity contribution in [2.45, 2.75) is 20.3 Å². The molecule has 0 aliphatic heterocycles. The summed E-state index contributed by atoms with van der Waals surface area (Å²) in [4.78, 5) is 12.0. The zero-order valence-corrected chi connectivity index (χ0v) is 14.2. The third-order valence-electron chi connectivity index (χ3n) is 3.52. The number of ether oxygens (including phenoxy) is 1. The standard InChI is InChI=1S/C19H19N3O3/c1-13-4-3-5-17(10-13)24-12-18(23)20-16-8-6-15(7-9-16)11-19-22-21-14(2)25-19/h3-10H,11-12H2,1-2H3,(H,20,23). The van der Waals surface area contributed by atoms with Crippen LogP contribution in [0.3, 0.4) is 0 Å². The normalized spacial score (nSPS) is 10.5. The molecule has 0 saturated heterocycles. The Labute approximate surface area is 145 Å². The second-order valence-electron chi connectivity index (χ2n) is 5.74. The van der Waals surface area contributed by atoms with Crippen molar-refractivity contribution < 1.29 is 13.9 Å². The predicted molar refractivity (Wildman–Crippen MR) is 93.6 cm³/mol. The summed E-state index contributed by atoms with van der Waals surface area (Å²) in [7, 11) is 0. The molecule has 3 aromatic rings. The van der Waals surface area contributed by atoms with Gasteiger partial charge in [-0.3, -0.25) is 4.79 Å². The van der Waals surface area contributed by atoms with E-state index < -0.39 is 0 Å². The number of nitrogens with zero attached hydrogens (tertiary/aromatic N) is 2. The van der Waals surface area contributed by atoms with Crippen molar-refractivity contribution in [3.05, 3.63) is 71.4 Å². The van der Waals surface area contributed by atoms with Crippen LogP contribution in [0.15, 0.2) is 52.9 Å². The van der Waals surface area contributed by atoms with Crippen LogP contribution in [-0.2, 0) is 11.2 Å². The van der Waals surface area contributed by atoms with E-state index in [1.54, 1.807) is 6.92 Å². The summed E-state index contributed by atoms with van der Waals surface area (Å²) in [5.74, 6) is 1.59. The van der Waals surface area contributed by atoms with E-state index in [2.05, 4.69) is 15.5 Å².